The van der Waals surface area contributed by atoms with Crippen molar-refractivity contribution in [2.75, 3.05) is 13.7 Å². The van der Waals surface area contributed by atoms with Gasteiger partial charge in [-0.05, 0) is 36.8 Å². The molecular formula is C32H27N3O4S. The molecule has 1 atom stereocenters. The number of nitrogens with zero attached hydrogens (tertiary/aromatic N) is 3. The van der Waals surface area contributed by atoms with Crippen LogP contribution in [0, 0.1) is 0 Å². The topological polar surface area (TPSA) is 74.8 Å². The highest BCUT2D eigenvalue weighted by atomic mass is 32.1. The van der Waals surface area contributed by atoms with Crippen LogP contribution in [0.4, 0.5) is 0 Å². The van der Waals surface area contributed by atoms with Crippen LogP contribution in [0.5, 0.6) is 5.75 Å². The molecule has 0 N–H and O–H groups in total. The Labute approximate surface area is 234 Å². The molecule has 8 heteroatoms. The van der Waals surface area contributed by atoms with E-state index in [-0.39, 0.29) is 12.2 Å². The first-order valence-electron chi connectivity index (χ1n) is 13.0. The molecular weight excluding hydrogens is 522 g/mol. The molecule has 1 unspecified atom stereocenters. The SMILES string of the molecule is CCOC(=O)C1=C(c2ccccc2)N=c2s/c(=C/c3cn(C)c4ccccc34)c(=O)n2C1c1ccc(OC)cc1. The summed E-state index contributed by atoms with van der Waals surface area (Å²) in [6.45, 7) is 1.97. The van der Waals surface area contributed by atoms with Crippen molar-refractivity contribution in [2.45, 2.75) is 13.0 Å². The Bertz CT molecular complexity index is 1950. The second-order valence-electron chi connectivity index (χ2n) is 9.42. The number of benzene rings is 3. The molecule has 1 aliphatic rings. The Morgan fingerprint density at radius 3 is 2.48 bits per heavy atom. The molecule has 0 amide bonds. The van der Waals surface area contributed by atoms with Gasteiger partial charge in [0, 0.05) is 35.3 Å². The summed E-state index contributed by atoms with van der Waals surface area (Å²) in [5.41, 5.74) is 4.15. The van der Waals surface area contributed by atoms with Gasteiger partial charge in [0.25, 0.3) is 5.56 Å². The van der Waals surface area contributed by atoms with E-state index in [1.54, 1.807) is 18.6 Å². The summed E-state index contributed by atoms with van der Waals surface area (Å²) < 4.78 is 15.1. The molecule has 3 aromatic carbocycles. The lowest BCUT2D eigenvalue weighted by molar-refractivity contribution is -0.138. The molecule has 1 aliphatic heterocycles. The molecule has 0 fully saturated rings. The molecule has 0 bridgehead atoms. The Kier molecular flexibility index (Phi) is 6.69. The van der Waals surface area contributed by atoms with E-state index < -0.39 is 12.0 Å². The minimum atomic E-state index is -0.730. The van der Waals surface area contributed by atoms with Crippen LogP contribution in [-0.4, -0.2) is 28.8 Å². The maximum atomic E-state index is 14.1. The predicted octanol–water partition coefficient (Wildman–Crippen LogP) is 4.44. The second kappa shape index (κ2) is 10.5. The van der Waals surface area contributed by atoms with Crippen LogP contribution in [0.15, 0.2) is 100 Å². The highest BCUT2D eigenvalue weighted by molar-refractivity contribution is 7.07. The standard InChI is InChI=1S/C32H27N3O4S/c1-4-39-31(37)27-28(20-10-6-5-7-11-20)33-32-35(29(27)21-14-16-23(38-3)17-15-21)30(36)26(40-32)18-22-19-34(2)25-13-9-8-12-24(22)25/h5-19,29H,4H2,1-3H3/b26-18+. The van der Waals surface area contributed by atoms with Crippen molar-refractivity contribution >= 4 is 40.0 Å². The van der Waals surface area contributed by atoms with E-state index >= 15 is 0 Å². The zero-order valence-corrected chi connectivity index (χ0v) is 23.1. The van der Waals surface area contributed by atoms with Crippen LogP contribution < -0.4 is 19.6 Å². The molecule has 3 heterocycles. The molecule has 0 saturated heterocycles. The maximum Gasteiger partial charge on any atom is 0.338 e. The van der Waals surface area contributed by atoms with E-state index in [0.29, 0.717) is 26.4 Å². The Morgan fingerprint density at radius 2 is 1.75 bits per heavy atom. The van der Waals surface area contributed by atoms with Gasteiger partial charge in [-0.1, -0.05) is 72.0 Å². The third kappa shape index (κ3) is 4.36. The molecule has 0 saturated carbocycles. The number of ether oxygens (including phenoxy) is 2. The number of carbonyl (C=O) groups excluding carboxylic acids is 1. The Balaban J connectivity index is 1.65. The quantitative estimate of drug-likeness (QED) is 0.294. The van der Waals surface area contributed by atoms with Gasteiger partial charge in [0.2, 0.25) is 0 Å². The minimum absolute atomic E-state index is 0.200. The van der Waals surface area contributed by atoms with Gasteiger partial charge in [-0.3, -0.25) is 9.36 Å². The van der Waals surface area contributed by atoms with Crippen LogP contribution >= 0.6 is 11.3 Å². The number of methoxy groups -OCH3 is 1. The van der Waals surface area contributed by atoms with Crippen molar-refractivity contribution in [3.8, 4) is 5.75 Å². The lowest BCUT2D eigenvalue weighted by Gasteiger charge is -2.26. The highest BCUT2D eigenvalue weighted by Gasteiger charge is 2.35. The van der Waals surface area contributed by atoms with E-state index in [1.807, 2.05) is 96.7 Å². The molecule has 0 radical (unpaired) electrons. The third-order valence-corrected chi connectivity index (χ3v) is 8.00. The van der Waals surface area contributed by atoms with Gasteiger partial charge in [0.1, 0.15) is 5.75 Å². The summed E-state index contributed by atoms with van der Waals surface area (Å²) in [7, 11) is 3.59. The maximum absolute atomic E-state index is 14.1. The van der Waals surface area contributed by atoms with Gasteiger partial charge < -0.3 is 14.0 Å². The van der Waals surface area contributed by atoms with E-state index in [2.05, 4.69) is 6.07 Å². The number of fused-ring (bicyclic) bond motifs is 2. The largest absolute Gasteiger partial charge is 0.497 e. The molecule has 2 aromatic heterocycles. The van der Waals surface area contributed by atoms with Crippen molar-refractivity contribution in [3.05, 3.63) is 127 Å². The van der Waals surface area contributed by atoms with E-state index in [1.165, 1.54) is 11.3 Å². The fourth-order valence-corrected chi connectivity index (χ4v) is 6.16. The monoisotopic (exact) mass is 549 g/mol. The molecule has 200 valence electrons. The van der Waals surface area contributed by atoms with Gasteiger partial charge in [0.05, 0.1) is 35.6 Å². The highest BCUT2D eigenvalue weighted by Crippen LogP contribution is 2.35. The summed E-state index contributed by atoms with van der Waals surface area (Å²) in [4.78, 5) is 33.1. The number of carbonyl (C=O) groups is 1. The first-order valence-corrected chi connectivity index (χ1v) is 13.8. The first-order chi connectivity index (χ1) is 19.5. The predicted molar refractivity (Wildman–Crippen MR) is 157 cm³/mol. The Hall–Kier alpha value is -4.69. The van der Waals surface area contributed by atoms with Crippen molar-refractivity contribution < 1.29 is 14.3 Å². The molecule has 5 aromatic rings. The van der Waals surface area contributed by atoms with Crippen LogP contribution in [0.25, 0.3) is 22.7 Å². The fourth-order valence-electron chi connectivity index (χ4n) is 5.17. The number of aromatic nitrogens is 2. The number of thiazole rings is 1. The average molecular weight is 550 g/mol. The van der Waals surface area contributed by atoms with E-state index in [0.717, 1.165) is 27.6 Å². The Morgan fingerprint density at radius 1 is 1.02 bits per heavy atom. The number of aryl methyl sites for hydroxylation is 1. The van der Waals surface area contributed by atoms with Crippen molar-refractivity contribution in [1.82, 2.24) is 9.13 Å². The van der Waals surface area contributed by atoms with Gasteiger partial charge in [0.15, 0.2) is 4.80 Å². The fraction of sp³-hybridized carbons (Fsp3) is 0.156. The summed E-state index contributed by atoms with van der Waals surface area (Å²) in [6.07, 6.45) is 3.93. The number of hydrogen-bond donors (Lipinski definition) is 0. The summed E-state index contributed by atoms with van der Waals surface area (Å²) in [5, 5.41) is 1.06. The number of rotatable bonds is 6. The van der Waals surface area contributed by atoms with Crippen LogP contribution in [0.2, 0.25) is 0 Å². The summed E-state index contributed by atoms with van der Waals surface area (Å²) >= 11 is 1.31. The second-order valence-corrected chi connectivity index (χ2v) is 10.4. The lowest BCUT2D eigenvalue weighted by Crippen LogP contribution is -2.40. The van der Waals surface area contributed by atoms with Crippen molar-refractivity contribution in [2.24, 2.45) is 12.0 Å². The zero-order chi connectivity index (χ0) is 27.8. The third-order valence-electron chi connectivity index (χ3n) is 7.02. The van der Waals surface area contributed by atoms with Gasteiger partial charge >= 0.3 is 5.97 Å². The summed E-state index contributed by atoms with van der Waals surface area (Å²) in [6, 6.07) is 24.3. The normalized spacial score (nSPS) is 15.2. The van der Waals surface area contributed by atoms with Gasteiger partial charge in [-0.25, -0.2) is 9.79 Å². The molecule has 0 spiro atoms. The molecule has 7 nitrogen and oxygen atoms in total. The minimum Gasteiger partial charge on any atom is -0.497 e. The van der Waals surface area contributed by atoms with Crippen molar-refractivity contribution in [1.29, 1.82) is 0 Å². The number of hydrogen-bond acceptors (Lipinski definition) is 6. The van der Waals surface area contributed by atoms with Crippen LogP contribution in [-0.2, 0) is 16.6 Å². The molecule has 40 heavy (non-hydrogen) atoms. The van der Waals surface area contributed by atoms with Crippen LogP contribution in [0.1, 0.15) is 29.7 Å². The molecule has 6 rings (SSSR count). The van der Waals surface area contributed by atoms with Gasteiger partial charge in [-0.2, -0.15) is 0 Å². The lowest BCUT2D eigenvalue weighted by atomic mass is 9.93. The first kappa shape index (κ1) is 25.6. The number of para-hydroxylation sites is 1. The average Bonchev–Trinajstić information content (AvgIpc) is 3.48. The summed E-state index contributed by atoms with van der Waals surface area (Å²) in [5.74, 6) is 0.173. The van der Waals surface area contributed by atoms with E-state index in [9.17, 15) is 9.59 Å². The van der Waals surface area contributed by atoms with Crippen molar-refractivity contribution in [3.63, 3.8) is 0 Å². The zero-order valence-electron chi connectivity index (χ0n) is 22.3. The van der Waals surface area contributed by atoms with Gasteiger partial charge in [-0.15, -0.1) is 0 Å². The smallest absolute Gasteiger partial charge is 0.338 e. The number of esters is 1. The van der Waals surface area contributed by atoms with E-state index in [4.69, 9.17) is 14.5 Å². The molecule has 0 aliphatic carbocycles. The van der Waals surface area contributed by atoms with Crippen LogP contribution in [0.3, 0.4) is 0 Å².